The van der Waals surface area contributed by atoms with Gasteiger partial charge in [-0.25, -0.2) is 4.98 Å². The fourth-order valence-corrected chi connectivity index (χ4v) is 2.59. The highest BCUT2D eigenvalue weighted by atomic mass is 15.2. The van der Waals surface area contributed by atoms with Crippen LogP contribution in [0.5, 0.6) is 0 Å². The first-order chi connectivity index (χ1) is 8.40. The van der Waals surface area contributed by atoms with Crippen molar-refractivity contribution < 1.29 is 0 Å². The normalized spacial score (nSPS) is 16.6. The van der Waals surface area contributed by atoms with Crippen molar-refractivity contribution in [3.63, 3.8) is 0 Å². The first-order valence-corrected chi connectivity index (χ1v) is 6.30. The second kappa shape index (κ2) is 4.37. The first-order valence-electron chi connectivity index (χ1n) is 6.30. The molecule has 4 heteroatoms. The molecule has 1 fully saturated rings. The fraction of sp³-hybridized carbons (Fsp3) is 0.462. The fourth-order valence-electron chi connectivity index (χ4n) is 2.59. The zero-order valence-corrected chi connectivity index (χ0v) is 9.97. The highest BCUT2D eigenvalue weighted by Crippen LogP contribution is 2.22. The van der Waals surface area contributed by atoms with Gasteiger partial charge in [-0.2, -0.15) is 0 Å². The van der Waals surface area contributed by atoms with Crippen LogP contribution in [0.15, 0.2) is 24.4 Å². The Morgan fingerprint density at radius 1 is 1.18 bits per heavy atom. The van der Waals surface area contributed by atoms with Crippen LogP contribution >= 0.6 is 0 Å². The molecule has 2 aromatic rings. The van der Waals surface area contributed by atoms with E-state index in [4.69, 9.17) is 5.73 Å². The molecule has 0 aromatic carbocycles. The molecule has 17 heavy (non-hydrogen) atoms. The average molecular weight is 230 g/mol. The third kappa shape index (κ3) is 1.78. The summed E-state index contributed by atoms with van der Waals surface area (Å²) in [5.74, 6) is 1.24. The minimum absolute atomic E-state index is 0.534. The van der Waals surface area contributed by atoms with E-state index in [9.17, 15) is 0 Å². The summed E-state index contributed by atoms with van der Waals surface area (Å²) in [5.41, 5.74) is 7.86. The Kier molecular flexibility index (Phi) is 2.73. The van der Waals surface area contributed by atoms with E-state index < -0.39 is 0 Å². The van der Waals surface area contributed by atoms with Gasteiger partial charge in [0.15, 0.2) is 0 Å². The molecular weight excluding hydrogens is 212 g/mol. The molecule has 0 radical (unpaired) electrons. The van der Waals surface area contributed by atoms with Gasteiger partial charge in [0.05, 0.1) is 11.9 Å². The maximum Gasteiger partial charge on any atom is 0.138 e. The van der Waals surface area contributed by atoms with Crippen molar-refractivity contribution >= 4 is 11.5 Å². The largest absolute Gasteiger partial charge is 0.358 e. The summed E-state index contributed by atoms with van der Waals surface area (Å²) >= 11 is 0. The van der Waals surface area contributed by atoms with Crippen LogP contribution in [-0.2, 0) is 6.54 Å². The Hall–Kier alpha value is -1.55. The lowest BCUT2D eigenvalue weighted by Gasteiger charge is -2.29. The summed E-state index contributed by atoms with van der Waals surface area (Å²) in [6.45, 7) is 2.81. The zero-order chi connectivity index (χ0) is 11.7. The Bertz CT molecular complexity index is 511. The molecule has 0 aliphatic carbocycles. The van der Waals surface area contributed by atoms with Gasteiger partial charge in [0, 0.05) is 19.6 Å². The number of nitrogens with zero attached hydrogens (tertiary/aromatic N) is 3. The number of rotatable bonds is 2. The van der Waals surface area contributed by atoms with Gasteiger partial charge in [0.2, 0.25) is 0 Å². The van der Waals surface area contributed by atoms with Crippen molar-refractivity contribution in [1.82, 2.24) is 9.38 Å². The molecule has 0 bridgehead atoms. The van der Waals surface area contributed by atoms with E-state index in [1.807, 2.05) is 12.3 Å². The number of aromatic nitrogens is 2. The number of anilines is 1. The smallest absolute Gasteiger partial charge is 0.138 e. The van der Waals surface area contributed by atoms with E-state index in [-0.39, 0.29) is 0 Å². The highest BCUT2D eigenvalue weighted by Gasteiger charge is 2.15. The van der Waals surface area contributed by atoms with Crippen LogP contribution in [0.25, 0.3) is 5.65 Å². The molecule has 4 nitrogen and oxygen atoms in total. The Balaban J connectivity index is 2.10. The lowest BCUT2D eigenvalue weighted by atomic mass is 10.1. The van der Waals surface area contributed by atoms with E-state index in [2.05, 4.69) is 26.4 Å². The molecule has 0 atom stereocenters. The number of hydrogen-bond acceptors (Lipinski definition) is 3. The Morgan fingerprint density at radius 2 is 2.00 bits per heavy atom. The van der Waals surface area contributed by atoms with Crippen LogP contribution in [0.2, 0.25) is 0 Å². The van der Waals surface area contributed by atoms with E-state index in [0.717, 1.165) is 24.4 Å². The molecule has 3 rings (SSSR count). The number of hydrogen-bond donors (Lipinski definition) is 1. The van der Waals surface area contributed by atoms with Gasteiger partial charge in [0.1, 0.15) is 11.5 Å². The van der Waals surface area contributed by atoms with Crippen LogP contribution in [0.4, 0.5) is 5.82 Å². The lowest BCUT2D eigenvalue weighted by Crippen LogP contribution is -2.31. The van der Waals surface area contributed by atoms with Gasteiger partial charge in [-0.3, -0.25) is 4.40 Å². The molecule has 1 saturated heterocycles. The van der Waals surface area contributed by atoms with Gasteiger partial charge >= 0.3 is 0 Å². The minimum atomic E-state index is 0.534. The number of imidazole rings is 1. The molecule has 90 valence electrons. The molecular formula is C13H18N4. The van der Waals surface area contributed by atoms with Gasteiger partial charge < -0.3 is 10.6 Å². The maximum absolute atomic E-state index is 5.78. The maximum atomic E-state index is 5.78. The number of piperidine rings is 1. The molecule has 1 aliphatic heterocycles. The van der Waals surface area contributed by atoms with Gasteiger partial charge in [0.25, 0.3) is 0 Å². The number of pyridine rings is 1. The summed E-state index contributed by atoms with van der Waals surface area (Å²) < 4.78 is 2.19. The molecule has 3 heterocycles. The minimum Gasteiger partial charge on any atom is -0.358 e. The predicted molar refractivity (Wildman–Crippen MR) is 69.1 cm³/mol. The number of fused-ring (bicyclic) bond motifs is 1. The second-order valence-electron chi connectivity index (χ2n) is 4.58. The molecule has 2 aromatic heterocycles. The van der Waals surface area contributed by atoms with E-state index >= 15 is 0 Å². The molecule has 0 saturated carbocycles. The molecule has 0 amide bonds. The zero-order valence-electron chi connectivity index (χ0n) is 9.97. The van der Waals surface area contributed by atoms with Crippen molar-refractivity contribution in [3.8, 4) is 0 Å². The monoisotopic (exact) mass is 230 g/mol. The first kappa shape index (κ1) is 10.6. The van der Waals surface area contributed by atoms with Crippen molar-refractivity contribution in [2.45, 2.75) is 25.8 Å². The van der Waals surface area contributed by atoms with Gasteiger partial charge in [-0.05, 0) is 31.4 Å². The van der Waals surface area contributed by atoms with E-state index in [0.29, 0.717) is 6.54 Å². The summed E-state index contributed by atoms with van der Waals surface area (Å²) in [5, 5.41) is 0. The summed E-state index contributed by atoms with van der Waals surface area (Å²) in [6.07, 6.45) is 5.79. The van der Waals surface area contributed by atoms with Gasteiger partial charge in [-0.15, -0.1) is 0 Å². The SMILES string of the molecule is NCc1cnc2cccc(N3CCCCC3)n12. The van der Waals surface area contributed by atoms with E-state index in [1.54, 1.807) is 0 Å². The summed E-state index contributed by atoms with van der Waals surface area (Å²) in [7, 11) is 0. The third-order valence-electron chi connectivity index (χ3n) is 3.47. The lowest BCUT2D eigenvalue weighted by molar-refractivity contribution is 0.571. The number of nitrogens with two attached hydrogens (primary N) is 1. The van der Waals surface area contributed by atoms with Crippen molar-refractivity contribution in [2.24, 2.45) is 5.73 Å². The second-order valence-corrected chi connectivity index (χ2v) is 4.58. The molecule has 1 aliphatic rings. The quantitative estimate of drug-likeness (QED) is 0.855. The highest BCUT2D eigenvalue weighted by molar-refractivity contribution is 5.53. The van der Waals surface area contributed by atoms with Crippen molar-refractivity contribution in [1.29, 1.82) is 0 Å². The standard InChI is InChI=1S/C13H18N4/c14-9-11-10-15-12-5-4-6-13(17(11)12)16-7-2-1-3-8-16/h4-6,10H,1-3,7-9,14H2. The Labute approximate surface area is 101 Å². The predicted octanol–water partition coefficient (Wildman–Crippen LogP) is 1.78. The summed E-state index contributed by atoms with van der Waals surface area (Å²) in [4.78, 5) is 6.84. The third-order valence-corrected chi connectivity index (χ3v) is 3.47. The molecule has 0 spiro atoms. The Morgan fingerprint density at radius 3 is 2.76 bits per heavy atom. The van der Waals surface area contributed by atoms with Crippen LogP contribution < -0.4 is 10.6 Å². The van der Waals surface area contributed by atoms with Crippen LogP contribution in [0, 0.1) is 0 Å². The molecule has 2 N–H and O–H groups in total. The van der Waals surface area contributed by atoms with Crippen LogP contribution in [-0.4, -0.2) is 22.5 Å². The summed E-state index contributed by atoms with van der Waals surface area (Å²) in [6, 6.07) is 6.28. The van der Waals surface area contributed by atoms with Crippen LogP contribution in [0.1, 0.15) is 25.0 Å². The topological polar surface area (TPSA) is 46.6 Å². The van der Waals surface area contributed by atoms with Gasteiger partial charge in [-0.1, -0.05) is 6.07 Å². The van der Waals surface area contributed by atoms with Crippen molar-refractivity contribution in [2.75, 3.05) is 18.0 Å². The average Bonchev–Trinajstić information content (AvgIpc) is 2.82. The van der Waals surface area contributed by atoms with E-state index in [1.165, 1.54) is 25.1 Å². The van der Waals surface area contributed by atoms with Crippen LogP contribution in [0.3, 0.4) is 0 Å². The van der Waals surface area contributed by atoms with Crippen molar-refractivity contribution in [3.05, 3.63) is 30.1 Å². The molecule has 0 unspecified atom stereocenters.